The summed E-state index contributed by atoms with van der Waals surface area (Å²) in [5, 5.41) is 4.41. The number of halogens is 2. The average Bonchev–Trinajstić information content (AvgIpc) is 3.23. The second-order valence-electron chi connectivity index (χ2n) is 7.46. The molecular weight excluding hydrogens is 451 g/mol. The number of hydrogen-bond donors (Lipinski definition) is 1. The minimum atomic E-state index is -0.0835. The molecule has 1 aliphatic rings. The Balaban J connectivity index is 1.32. The highest BCUT2D eigenvalue weighted by Crippen LogP contribution is 2.27. The molecule has 0 fully saturated rings. The third kappa shape index (κ3) is 4.43. The molecule has 31 heavy (non-hydrogen) atoms. The van der Waals surface area contributed by atoms with Crippen LogP contribution in [0.2, 0.25) is 10.0 Å². The molecule has 1 aliphatic heterocycles. The van der Waals surface area contributed by atoms with Gasteiger partial charge < -0.3 is 4.98 Å². The predicted molar refractivity (Wildman–Crippen MR) is 126 cm³/mol. The van der Waals surface area contributed by atoms with Gasteiger partial charge >= 0.3 is 0 Å². The first-order valence-corrected chi connectivity index (χ1v) is 11.5. The molecule has 0 bridgehead atoms. The summed E-state index contributed by atoms with van der Waals surface area (Å²) < 4.78 is 0. The van der Waals surface area contributed by atoms with Crippen LogP contribution in [0, 0.1) is 0 Å². The zero-order valence-corrected chi connectivity index (χ0v) is 18.8. The van der Waals surface area contributed by atoms with Crippen molar-refractivity contribution in [3.63, 3.8) is 0 Å². The number of aromatic amines is 1. The van der Waals surface area contributed by atoms with Crippen molar-refractivity contribution in [2.45, 2.75) is 19.5 Å². The van der Waals surface area contributed by atoms with E-state index in [9.17, 15) is 4.79 Å². The lowest BCUT2D eigenvalue weighted by Crippen LogP contribution is -2.35. The van der Waals surface area contributed by atoms with E-state index in [-0.39, 0.29) is 5.56 Å². The maximum absolute atomic E-state index is 12.8. The molecule has 0 spiro atoms. The van der Waals surface area contributed by atoms with Gasteiger partial charge in [0, 0.05) is 52.6 Å². The third-order valence-electron chi connectivity index (χ3n) is 5.29. The van der Waals surface area contributed by atoms with Crippen LogP contribution in [0.15, 0.2) is 58.7 Å². The predicted octanol–water partition coefficient (Wildman–Crippen LogP) is 5.43. The fourth-order valence-electron chi connectivity index (χ4n) is 3.69. The molecule has 2 aromatic carbocycles. The number of nitrogens with zero attached hydrogens (tertiary/aromatic N) is 3. The standard InChI is InChI=1S/C23H18Cl2N4OS/c24-16-5-1-14(2-6-16)21-27-20-9-10-29(12-19(20)22(30)28-21)11-18-13-31-23(26-18)15-3-7-17(25)8-4-15/h1-8,13H,9-12H2,(H,27,28,30). The molecule has 8 heteroatoms. The number of fused-ring (bicyclic) bond motifs is 1. The molecule has 0 radical (unpaired) electrons. The van der Waals surface area contributed by atoms with E-state index in [4.69, 9.17) is 33.2 Å². The van der Waals surface area contributed by atoms with Crippen LogP contribution < -0.4 is 5.56 Å². The number of rotatable bonds is 4. The molecule has 0 saturated heterocycles. The van der Waals surface area contributed by atoms with Crippen LogP contribution in [0.3, 0.4) is 0 Å². The van der Waals surface area contributed by atoms with E-state index in [2.05, 4.69) is 15.3 Å². The minimum Gasteiger partial charge on any atom is -0.306 e. The van der Waals surface area contributed by atoms with Crippen LogP contribution in [-0.2, 0) is 19.5 Å². The van der Waals surface area contributed by atoms with Crippen molar-refractivity contribution in [3.8, 4) is 22.0 Å². The highest BCUT2D eigenvalue weighted by atomic mass is 35.5. The summed E-state index contributed by atoms with van der Waals surface area (Å²) in [6, 6.07) is 15.0. The van der Waals surface area contributed by atoms with Crippen LogP contribution in [0.25, 0.3) is 22.0 Å². The van der Waals surface area contributed by atoms with Crippen molar-refractivity contribution >= 4 is 34.5 Å². The molecule has 4 aromatic rings. The summed E-state index contributed by atoms with van der Waals surface area (Å²) >= 11 is 13.6. The fourth-order valence-corrected chi connectivity index (χ4v) is 4.76. The normalized spacial score (nSPS) is 13.9. The quantitative estimate of drug-likeness (QED) is 0.433. The fraction of sp³-hybridized carbons (Fsp3) is 0.174. The topological polar surface area (TPSA) is 61.9 Å². The van der Waals surface area contributed by atoms with Gasteiger partial charge in [0.05, 0.1) is 17.0 Å². The lowest BCUT2D eigenvalue weighted by Gasteiger charge is -2.27. The van der Waals surface area contributed by atoms with Crippen molar-refractivity contribution in [1.82, 2.24) is 19.9 Å². The monoisotopic (exact) mass is 468 g/mol. The molecule has 5 nitrogen and oxygen atoms in total. The van der Waals surface area contributed by atoms with Crippen LogP contribution in [-0.4, -0.2) is 26.4 Å². The first-order chi connectivity index (χ1) is 15.0. The average molecular weight is 469 g/mol. The number of nitrogens with one attached hydrogen (secondary N) is 1. The molecule has 3 heterocycles. The van der Waals surface area contributed by atoms with E-state index in [0.29, 0.717) is 29.0 Å². The van der Waals surface area contributed by atoms with Gasteiger partial charge in [0.15, 0.2) is 0 Å². The Morgan fingerprint density at radius 2 is 1.65 bits per heavy atom. The second kappa shape index (κ2) is 8.55. The van der Waals surface area contributed by atoms with Gasteiger partial charge in [-0.15, -0.1) is 11.3 Å². The third-order valence-corrected chi connectivity index (χ3v) is 6.74. The zero-order valence-electron chi connectivity index (χ0n) is 16.4. The van der Waals surface area contributed by atoms with E-state index in [0.717, 1.165) is 46.1 Å². The largest absolute Gasteiger partial charge is 0.306 e. The van der Waals surface area contributed by atoms with Crippen molar-refractivity contribution in [3.05, 3.63) is 91.3 Å². The van der Waals surface area contributed by atoms with Gasteiger partial charge in [0.25, 0.3) is 5.56 Å². The van der Waals surface area contributed by atoms with Crippen molar-refractivity contribution in [2.75, 3.05) is 6.54 Å². The van der Waals surface area contributed by atoms with E-state index < -0.39 is 0 Å². The molecular formula is C23H18Cl2N4OS. The number of H-pyrrole nitrogens is 1. The zero-order chi connectivity index (χ0) is 21.4. The molecule has 0 aliphatic carbocycles. The Bertz CT molecular complexity index is 1280. The highest BCUT2D eigenvalue weighted by molar-refractivity contribution is 7.13. The van der Waals surface area contributed by atoms with Gasteiger partial charge in [-0.2, -0.15) is 0 Å². The van der Waals surface area contributed by atoms with E-state index >= 15 is 0 Å². The number of thiazole rings is 1. The smallest absolute Gasteiger partial charge is 0.255 e. The molecule has 1 N–H and O–H groups in total. The van der Waals surface area contributed by atoms with Gasteiger partial charge in [0.1, 0.15) is 10.8 Å². The van der Waals surface area contributed by atoms with E-state index in [1.165, 1.54) is 0 Å². The van der Waals surface area contributed by atoms with Crippen LogP contribution in [0.4, 0.5) is 0 Å². The summed E-state index contributed by atoms with van der Waals surface area (Å²) in [6.45, 7) is 2.09. The van der Waals surface area contributed by atoms with Crippen molar-refractivity contribution in [1.29, 1.82) is 0 Å². The molecule has 5 rings (SSSR count). The van der Waals surface area contributed by atoms with E-state index in [1.54, 1.807) is 23.5 Å². The molecule has 2 aromatic heterocycles. The Morgan fingerprint density at radius 3 is 2.35 bits per heavy atom. The summed E-state index contributed by atoms with van der Waals surface area (Å²) in [5.41, 5.74) is 4.42. The van der Waals surface area contributed by atoms with Crippen LogP contribution in [0.1, 0.15) is 17.0 Å². The first-order valence-electron chi connectivity index (χ1n) is 9.86. The second-order valence-corrected chi connectivity index (χ2v) is 9.19. The van der Waals surface area contributed by atoms with Gasteiger partial charge in [-0.1, -0.05) is 35.3 Å². The summed E-state index contributed by atoms with van der Waals surface area (Å²) in [7, 11) is 0. The van der Waals surface area contributed by atoms with Gasteiger partial charge in [-0.3, -0.25) is 9.69 Å². The van der Waals surface area contributed by atoms with Gasteiger partial charge in [0.2, 0.25) is 0 Å². The number of benzene rings is 2. The first kappa shape index (κ1) is 20.4. The number of aromatic nitrogens is 3. The maximum Gasteiger partial charge on any atom is 0.255 e. The van der Waals surface area contributed by atoms with Crippen LogP contribution >= 0.6 is 34.5 Å². The Labute approximate surface area is 193 Å². The molecule has 0 atom stereocenters. The lowest BCUT2D eigenvalue weighted by molar-refractivity contribution is 0.239. The van der Waals surface area contributed by atoms with Gasteiger partial charge in [-0.25, -0.2) is 9.97 Å². The Hall–Kier alpha value is -2.51. The van der Waals surface area contributed by atoms with E-state index in [1.807, 2.05) is 36.4 Å². The minimum absolute atomic E-state index is 0.0835. The summed E-state index contributed by atoms with van der Waals surface area (Å²) in [4.78, 5) is 27.4. The van der Waals surface area contributed by atoms with Crippen molar-refractivity contribution in [2.24, 2.45) is 0 Å². The van der Waals surface area contributed by atoms with Crippen molar-refractivity contribution < 1.29 is 0 Å². The number of hydrogen-bond acceptors (Lipinski definition) is 5. The molecule has 0 amide bonds. The molecule has 0 unspecified atom stereocenters. The Kier molecular flexibility index (Phi) is 5.63. The SMILES string of the molecule is O=c1[nH]c(-c2ccc(Cl)cc2)nc2c1CN(Cc1csc(-c3ccc(Cl)cc3)n1)CC2. The van der Waals surface area contributed by atoms with Crippen LogP contribution in [0.5, 0.6) is 0 Å². The molecule has 0 saturated carbocycles. The molecule has 156 valence electrons. The lowest BCUT2D eigenvalue weighted by atomic mass is 10.1. The van der Waals surface area contributed by atoms with Gasteiger partial charge in [-0.05, 0) is 36.4 Å². The summed E-state index contributed by atoms with van der Waals surface area (Å²) in [5.74, 6) is 0.584. The Morgan fingerprint density at radius 1 is 0.968 bits per heavy atom. The highest BCUT2D eigenvalue weighted by Gasteiger charge is 2.22. The summed E-state index contributed by atoms with van der Waals surface area (Å²) in [6.07, 6.45) is 0.730. The maximum atomic E-state index is 12.8.